The fourth-order valence-electron chi connectivity index (χ4n) is 11.0. The molecule has 0 aromatic heterocycles. The van der Waals surface area contributed by atoms with Gasteiger partial charge in [-0.1, -0.05) is 18.2 Å². The first-order valence-corrected chi connectivity index (χ1v) is 27.8. The number of carboxylic acid groups (broad SMARTS) is 2. The van der Waals surface area contributed by atoms with Crippen molar-refractivity contribution >= 4 is 41.8 Å². The molecule has 87 heavy (non-hydrogen) atoms. The molecule has 6 N–H and O–H groups in total. The molecule has 0 bridgehead atoms. The molecule has 6 aromatic rings. The number of ether oxygens (including phenoxy) is 6. The molecule has 3 aliphatic rings. The number of hydrogen-bond donors (Lipinski definition) is 5. The van der Waals surface area contributed by atoms with E-state index in [9.17, 15) is 38.7 Å². The van der Waals surface area contributed by atoms with E-state index in [2.05, 4.69) is 16.0 Å². The SMILES string of the molecule is COC(=O)c1ccc2c(c1)C(NC(=O)OC(C)(C)C)CC2.COC(=O)c1ccc2c(c1)C(NC(=O)c1c(C)cc(OC)cc1C)CC2.COc1cc(C)c(C(=O)NC2CCc3ccc(C(=O)O)cc32)c(C)c1.COc1cc(C)c(C(=O)O)c(C)c1.[Li+].[OH-]. The van der Waals surface area contributed by atoms with Crippen LogP contribution in [0.1, 0.15) is 187 Å². The summed E-state index contributed by atoms with van der Waals surface area (Å²) >= 11 is 0. The number of aromatic carboxylic acids is 2. The normalized spacial score (nSPS) is 14.6. The van der Waals surface area contributed by atoms with Crippen molar-refractivity contribution in [3.05, 3.63) is 191 Å². The molecule has 19 nitrogen and oxygen atoms in total. The standard InChI is InChI=1S/C21H23NO4.C20H21NO4.C16H21NO4.C10H12O3.Li.H2O/c1-12-9-16(25-3)10-13(2)19(12)20(23)22-18-8-7-14-5-6-15(11-17(14)18)21(24)26-4;1-11-8-15(25-3)9-12(2)18(11)19(22)21-17-7-6-13-4-5-14(20(23)24)10-16(13)17;1-16(2,3)21-15(19)17-13-8-7-10-5-6-11(9-12(10)13)14(18)20-4;1-6-4-8(13-3)5-7(2)9(6)10(11)12;;/h5-6,9-11,18H,7-8H2,1-4H3,(H,22,23);4-5,8-10,17H,6-7H2,1-3H3,(H,21,22)(H,23,24);5-6,9,13H,7-8H2,1-4H3,(H,17,19);4-5H,1-3H3,(H,11,12);;1H2/q;;;;+1;/p-1. The van der Waals surface area contributed by atoms with Gasteiger partial charge < -0.3 is 60.1 Å². The molecule has 0 saturated carbocycles. The summed E-state index contributed by atoms with van der Waals surface area (Å²) in [6, 6.07) is 26.6. The number of nitrogens with one attached hydrogen (secondary N) is 3. The molecule has 9 rings (SSSR count). The molecule has 3 amide bonds. The predicted molar refractivity (Wildman–Crippen MR) is 323 cm³/mol. The van der Waals surface area contributed by atoms with Gasteiger partial charge >= 0.3 is 48.8 Å². The molecule has 0 saturated heterocycles. The topological polar surface area (TPSA) is 281 Å². The Hall–Kier alpha value is -8.63. The fourth-order valence-corrected chi connectivity index (χ4v) is 11.0. The summed E-state index contributed by atoms with van der Waals surface area (Å²) in [6.07, 6.45) is 4.54. The van der Waals surface area contributed by atoms with E-state index in [0.29, 0.717) is 33.6 Å². The summed E-state index contributed by atoms with van der Waals surface area (Å²) in [4.78, 5) is 83.0. The zero-order chi connectivity index (χ0) is 62.6. The summed E-state index contributed by atoms with van der Waals surface area (Å²) in [5.41, 5.74) is 13.6. The van der Waals surface area contributed by atoms with Gasteiger partial charge in [-0.05, 0) is 240 Å². The second-order valence-electron chi connectivity index (χ2n) is 22.1. The molecule has 3 aliphatic carbocycles. The number of carbonyl (C=O) groups is 7. The second-order valence-corrected chi connectivity index (χ2v) is 22.1. The summed E-state index contributed by atoms with van der Waals surface area (Å²) in [6.45, 7) is 16.6. The van der Waals surface area contributed by atoms with Crippen LogP contribution in [0.15, 0.2) is 91.0 Å². The van der Waals surface area contributed by atoms with E-state index in [4.69, 9.17) is 33.5 Å². The summed E-state index contributed by atoms with van der Waals surface area (Å²) in [5.74, 6) is -0.679. The van der Waals surface area contributed by atoms with E-state index in [-0.39, 0.29) is 71.8 Å². The summed E-state index contributed by atoms with van der Waals surface area (Å²) < 4.78 is 30.3. The van der Waals surface area contributed by atoms with Gasteiger partial charge in [0.05, 0.1) is 75.9 Å². The van der Waals surface area contributed by atoms with Gasteiger partial charge in [-0.25, -0.2) is 24.0 Å². The summed E-state index contributed by atoms with van der Waals surface area (Å²) in [7, 11) is 7.50. The van der Waals surface area contributed by atoms with Gasteiger partial charge in [0.25, 0.3) is 11.8 Å². The number of hydrogen-bond acceptors (Lipinski definition) is 14. The van der Waals surface area contributed by atoms with E-state index in [0.717, 1.165) is 117 Å². The van der Waals surface area contributed by atoms with E-state index >= 15 is 0 Å². The van der Waals surface area contributed by atoms with Crippen LogP contribution in [0, 0.1) is 41.5 Å². The van der Waals surface area contributed by atoms with Gasteiger partial charge in [-0.15, -0.1) is 0 Å². The minimum atomic E-state index is -0.957. The quantitative estimate of drug-likeness (QED) is 0.0435. The van der Waals surface area contributed by atoms with Crippen LogP contribution < -0.4 is 49.0 Å². The van der Waals surface area contributed by atoms with Crippen LogP contribution in [0.5, 0.6) is 17.2 Å². The second kappa shape index (κ2) is 31.1. The van der Waals surface area contributed by atoms with E-state index in [1.54, 1.807) is 77.6 Å². The van der Waals surface area contributed by atoms with Crippen LogP contribution in [0.4, 0.5) is 4.79 Å². The van der Waals surface area contributed by atoms with Crippen molar-refractivity contribution in [2.24, 2.45) is 0 Å². The Morgan fingerprint density at radius 2 is 0.736 bits per heavy atom. The zero-order valence-corrected chi connectivity index (χ0v) is 52.3. The number of rotatable bonds is 12. The maximum absolute atomic E-state index is 12.9. The van der Waals surface area contributed by atoms with Gasteiger partial charge in [-0.3, -0.25) is 9.59 Å². The number of aryl methyl sites for hydroxylation is 9. The van der Waals surface area contributed by atoms with Crippen molar-refractivity contribution in [3.8, 4) is 17.2 Å². The van der Waals surface area contributed by atoms with Gasteiger partial charge in [0.1, 0.15) is 22.8 Å². The van der Waals surface area contributed by atoms with Crippen LogP contribution in [-0.2, 0) is 33.5 Å². The average molecular weight is 1190 g/mol. The van der Waals surface area contributed by atoms with Crippen LogP contribution in [0.3, 0.4) is 0 Å². The molecule has 20 heteroatoms. The number of methoxy groups -OCH3 is 5. The maximum atomic E-state index is 12.9. The third-order valence-corrected chi connectivity index (χ3v) is 15.0. The number of benzene rings is 6. The van der Waals surface area contributed by atoms with Gasteiger partial charge in [0, 0.05) is 11.1 Å². The largest absolute Gasteiger partial charge is 1.00 e. The number of esters is 2. The van der Waals surface area contributed by atoms with Crippen molar-refractivity contribution in [1.29, 1.82) is 0 Å². The van der Waals surface area contributed by atoms with Crippen LogP contribution in [-0.4, -0.2) is 98.6 Å². The third-order valence-electron chi connectivity index (χ3n) is 15.0. The van der Waals surface area contributed by atoms with Crippen molar-refractivity contribution in [1.82, 2.24) is 16.0 Å². The first kappa shape index (κ1) is 70.9. The van der Waals surface area contributed by atoms with E-state index in [1.165, 1.54) is 14.2 Å². The van der Waals surface area contributed by atoms with Crippen LogP contribution in [0.2, 0.25) is 0 Å². The zero-order valence-electron chi connectivity index (χ0n) is 52.3. The minimum Gasteiger partial charge on any atom is -0.870 e. The molecule has 3 unspecified atom stereocenters. The average Bonchev–Trinajstić information content (AvgIpc) is 2.50. The van der Waals surface area contributed by atoms with Crippen molar-refractivity contribution in [3.63, 3.8) is 0 Å². The van der Waals surface area contributed by atoms with E-state index < -0.39 is 23.6 Å². The smallest absolute Gasteiger partial charge is 0.870 e. The van der Waals surface area contributed by atoms with Crippen molar-refractivity contribution in [2.45, 2.75) is 125 Å². The molecular formula is C67H78LiN3O16. The Bertz CT molecular complexity index is 3470. The Morgan fingerprint density at radius 3 is 1.02 bits per heavy atom. The molecule has 0 aliphatic heterocycles. The van der Waals surface area contributed by atoms with Crippen molar-refractivity contribution < 1.29 is 96.5 Å². The molecule has 0 radical (unpaired) electrons. The molecule has 0 fully saturated rings. The molecule has 6 aromatic carbocycles. The minimum absolute atomic E-state index is 0. The van der Waals surface area contributed by atoms with E-state index in [1.807, 2.05) is 97.0 Å². The molecule has 0 spiro atoms. The first-order chi connectivity index (χ1) is 40.2. The number of fused-ring (bicyclic) bond motifs is 3. The Balaban J connectivity index is 0.000000253. The molecule has 458 valence electrons. The Labute approximate surface area is 520 Å². The molecule has 0 heterocycles. The van der Waals surface area contributed by atoms with Crippen LogP contribution in [0.25, 0.3) is 0 Å². The first-order valence-electron chi connectivity index (χ1n) is 27.8. The number of amides is 3. The van der Waals surface area contributed by atoms with Crippen LogP contribution >= 0.6 is 0 Å². The molecule has 3 atom stereocenters. The molecular weight excluding hydrogens is 1110 g/mol. The maximum Gasteiger partial charge on any atom is 1.00 e. The number of alkyl carbamates (subject to hydrolysis) is 1. The Kier molecular flexibility index (Phi) is 25.4. The predicted octanol–water partition coefficient (Wildman–Crippen LogP) is 8.77. The van der Waals surface area contributed by atoms with Gasteiger partial charge in [-0.2, -0.15) is 0 Å². The summed E-state index contributed by atoms with van der Waals surface area (Å²) in [5, 5.41) is 27.1. The monoisotopic (exact) mass is 1190 g/mol. The number of carboxylic acids is 2. The Morgan fingerprint density at radius 1 is 0.437 bits per heavy atom. The fraction of sp³-hybridized carbons (Fsp3) is 0.358. The third kappa shape index (κ3) is 18.0. The van der Waals surface area contributed by atoms with Gasteiger partial charge in [0.15, 0.2) is 0 Å². The number of carbonyl (C=O) groups excluding carboxylic acids is 5. The van der Waals surface area contributed by atoms with Gasteiger partial charge in [0.2, 0.25) is 0 Å². The van der Waals surface area contributed by atoms with Crippen molar-refractivity contribution in [2.75, 3.05) is 35.5 Å².